The largest absolute Gasteiger partial charge is 0.264 e. The highest BCUT2D eigenvalue weighted by atomic mass is 79.9. The normalized spacial score (nSPS) is 10.6. The zero-order chi connectivity index (χ0) is 17.1. The molecule has 3 aromatic heterocycles. The molecule has 0 spiro atoms. The summed E-state index contributed by atoms with van der Waals surface area (Å²) in [4.78, 5) is 22.2. The highest BCUT2D eigenvalue weighted by molar-refractivity contribution is 9.10. The molecule has 0 fully saturated rings. The fraction of sp³-hybridized carbons (Fsp3) is 0. The van der Waals surface area contributed by atoms with Crippen LogP contribution in [-0.4, -0.2) is 24.9 Å². The van der Waals surface area contributed by atoms with Crippen LogP contribution >= 0.6 is 15.9 Å². The Morgan fingerprint density at radius 2 is 1.04 bits per heavy atom. The third-order valence-corrected chi connectivity index (χ3v) is 4.11. The highest BCUT2D eigenvalue weighted by Crippen LogP contribution is 2.24. The first-order chi connectivity index (χ1) is 12.3. The van der Waals surface area contributed by atoms with Crippen LogP contribution < -0.4 is 0 Å². The smallest absolute Gasteiger partial charge is 0.165 e. The fourth-order valence-corrected chi connectivity index (χ4v) is 2.62. The van der Waals surface area contributed by atoms with Crippen LogP contribution in [0.1, 0.15) is 0 Å². The predicted octanol–water partition coefficient (Wildman–Crippen LogP) is 4.43. The summed E-state index contributed by atoms with van der Waals surface area (Å²) in [6.07, 6.45) is 6.94. The first-order valence-corrected chi connectivity index (χ1v) is 8.42. The Kier molecular flexibility index (Phi) is 4.26. The van der Waals surface area contributed by atoms with Gasteiger partial charge in [-0.2, -0.15) is 0 Å². The molecule has 4 rings (SSSR count). The molecule has 0 saturated heterocycles. The fourth-order valence-electron chi connectivity index (χ4n) is 2.35. The summed E-state index contributed by atoms with van der Waals surface area (Å²) in [7, 11) is 0. The number of benzene rings is 1. The van der Waals surface area contributed by atoms with E-state index in [-0.39, 0.29) is 0 Å². The Hall–Kier alpha value is -2.99. The van der Waals surface area contributed by atoms with Gasteiger partial charge in [0.15, 0.2) is 17.5 Å². The summed E-state index contributed by atoms with van der Waals surface area (Å²) < 4.78 is 1.00. The minimum absolute atomic E-state index is 0.583. The molecule has 0 radical (unpaired) electrons. The van der Waals surface area contributed by atoms with E-state index in [4.69, 9.17) is 0 Å². The lowest BCUT2D eigenvalue weighted by Gasteiger charge is -2.07. The van der Waals surface area contributed by atoms with Gasteiger partial charge in [0.1, 0.15) is 0 Å². The number of nitrogens with zero attached hydrogens (tertiary/aromatic N) is 5. The van der Waals surface area contributed by atoms with Crippen molar-refractivity contribution in [2.75, 3.05) is 0 Å². The van der Waals surface area contributed by atoms with Crippen molar-refractivity contribution in [2.24, 2.45) is 0 Å². The summed E-state index contributed by atoms with van der Waals surface area (Å²) in [6, 6.07) is 15.5. The van der Waals surface area contributed by atoms with Crippen LogP contribution in [0.4, 0.5) is 0 Å². The number of hydrogen-bond donors (Lipinski definition) is 0. The van der Waals surface area contributed by atoms with Crippen LogP contribution in [0.5, 0.6) is 0 Å². The molecule has 0 aliphatic heterocycles. The van der Waals surface area contributed by atoms with Gasteiger partial charge in [0.25, 0.3) is 0 Å². The number of halogens is 1. The lowest BCUT2D eigenvalue weighted by atomic mass is 10.2. The van der Waals surface area contributed by atoms with E-state index in [1.165, 1.54) is 0 Å². The van der Waals surface area contributed by atoms with Crippen molar-refractivity contribution in [1.82, 2.24) is 24.9 Å². The van der Waals surface area contributed by atoms with Crippen molar-refractivity contribution >= 4 is 15.9 Å². The third-order valence-electron chi connectivity index (χ3n) is 3.58. The van der Waals surface area contributed by atoms with E-state index in [1.54, 1.807) is 24.8 Å². The summed E-state index contributed by atoms with van der Waals surface area (Å²) in [5.41, 5.74) is 2.60. The van der Waals surface area contributed by atoms with Gasteiger partial charge >= 0.3 is 0 Å². The van der Waals surface area contributed by atoms with Gasteiger partial charge in [-0.1, -0.05) is 28.1 Å². The molecule has 0 aliphatic rings. The Morgan fingerprint density at radius 1 is 0.560 bits per heavy atom. The van der Waals surface area contributed by atoms with E-state index in [9.17, 15) is 0 Å². The SMILES string of the molecule is Brc1ccc(-c2nc(-c3cccnc3)nc(-c3cccnc3)n2)cc1. The number of pyridine rings is 2. The molecule has 0 aliphatic carbocycles. The molecule has 0 unspecified atom stereocenters. The Morgan fingerprint density at radius 3 is 1.48 bits per heavy atom. The van der Waals surface area contributed by atoms with E-state index in [2.05, 4.69) is 40.8 Å². The number of hydrogen-bond acceptors (Lipinski definition) is 5. The molecule has 4 aromatic rings. The van der Waals surface area contributed by atoms with E-state index in [0.29, 0.717) is 17.5 Å². The van der Waals surface area contributed by atoms with Gasteiger partial charge in [-0.3, -0.25) is 9.97 Å². The van der Waals surface area contributed by atoms with E-state index < -0.39 is 0 Å². The predicted molar refractivity (Wildman–Crippen MR) is 99.4 cm³/mol. The molecule has 25 heavy (non-hydrogen) atoms. The van der Waals surface area contributed by atoms with Gasteiger partial charge in [-0.15, -0.1) is 0 Å². The molecule has 0 N–H and O–H groups in total. The Labute approximate surface area is 153 Å². The third kappa shape index (κ3) is 3.44. The zero-order valence-electron chi connectivity index (χ0n) is 13.0. The maximum Gasteiger partial charge on any atom is 0.165 e. The van der Waals surface area contributed by atoms with E-state index >= 15 is 0 Å². The minimum Gasteiger partial charge on any atom is -0.264 e. The maximum absolute atomic E-state index is 4.63. The number of aromatic nitrogens is 5. The van der Waals surface area contributed by atoms with Crippen LogP contribution in [0.3, 0.4) is 0 Å². The molecule has 120 valence electrons. The highest BCUT2D eigenvalue weighted by Gasteiger charge is 2.12. The van der Waals surface area contributed by atoms with Crippen LogP contribution in [0.25, 0.3) is 34.2 Å². The molecule has 1 aromatic carbocycles. The van der Waals surface area contributed by atoms with Gasteiger partial charge in [-0.25, -0.2) is 15.0 Å². The van der Waals surface area contributed by atoms with Gasteiger partial charge in [0, 0.05) is 46.0 Å². The second-order valence-corrected chi connectivity index (χ2v) is 6.21. The van der Waals surface area contributed by atoms with Crippen LogP contribution in [-0.2, 0) is 0 Å². The van der Waals surface area contributed by atoms with E-state index in [0.717, 1.165) is 21.2 Å². The number of rotatable bonds is 3. The quantitative estimate of drug-likeness (QED) is 0.518. The minimum atomic E-state index is 0.583. The van der Waals surface area contributed by atoms with Crippen LogP contribution in [0, 0.1) is 0 Å². The summed E-state index contributed by atoms with van der Waals surface area (Å²) >= 11 is 3.45. The Balaban J connectivity index is 1.90. The molecular formula is C19H12BrN5. The topological polar surface area (TPSA) is 64.5 Å². The second kappa shape index (κ2) is 6.86. The van der Waals surface area contributed by atoms with Gasteiger partial charge < -0.3 is 0 Å². The summed E-state index contributed by atoms with van der Waals surface area (Å²) in [6.45, 7) is 0. The first kappa shape index (κ1) is 15.5. The van der Waals surface area contributed by atoms with Crippen molar-refractivity contribution in [3.05, 3.63) is 77.8 Å². The molecule has 0 bridgehead atoms. The standard InChI is InChI=1S/C19H12BrN5/c20-16-7-5-13(6-8-16)17-23-18(14-3-1-9-21-11-14)25-19(24-17)15-4-2-10-22-12-15/h1-12H. The molecule has 3 heterocycles. The van der Waals surface area contributed by atoms with Crippen molar-refractivity contribution in [3.63, 3.8) is 0 Å². The molecule has 0 atom stereocenters. The zero-order valence-corrected chi connectivity index (χ0v) is 14.6. The molecule has 6 heteroatoms. The average molecular weight is 390 g/mol. The Bertz CT molecular complexity index is 931. The summed E-state index contributed by atoms with van der Waals surface area (Å²) in [5.74, 6) is 1.78. The average Bonchev–Trinajstić information content (AvgIpc) is 2.69. The second-order valence-electron chi connectivity index (χ2n) is 5.30. The molecular weight excluding hydrogens is 378 g/mol. The molecule has 0 amide bonds. The lowest BCUT2D eigenvalue weighted by molar-refractivity contribution is 1.07. The molecule has 5 nitrogen and oxygen atoms in total. The van der Waals surface area contributed by atoms with Gasteiger partial charge in [0.2, 0.25) is 0 Å². The van der Waals surface area contributed by atoms with E-state index in [1.807, 2.05) is 48.5 Å². The molecule has 0 saturated carbocycles. The van der Waals surface area contributed by atoms with Crippen molar-refractivity contribution in [3.8, 4) is 34.2 Å². The van der Waals surface area contributed by atoms with Gasteiger partial charge in [-0.05, 0) is 36.4 Å². The van der Waals surface area contributed by atoms with Crippen molar-refractivity contribution in [1.29, 1.82) is 0 Å². The van der Waals surface area contributed by atoms with Crippen molar-refractivity contribution < 1.29 is 0 Å². The van der Waals surface area contributed by atoms with Crippen LogP contribution in [0.2, 0.25) is 0 Å². The van der Waals surface area contributed by atoms with Gasteiger partial charge in [0.05, 0.1) is 0 Å². The monoisotopic (exact) mass is 389 g/mol. The van der Waals surface area contributed by atoms with Crippen LogP contribution in [0.15, 0.2) is 77.8 Å². The lowest BCUT2D eigenvalue weighted by Crippen LogP contribution is -2.00. The maximum atomic E-state index is 4.63. The summed E-state index contributed by atoms with van der Waals surface area (Å²) in [5, 5.41) is 0. The van der Waals surface area contributed by atoms with Crippen molar-refractivity contribution in [2.45, 2.75) is 0 Å². The first-order valence-electron chi connectivity index (χ1n) is 7.62.